The molecule has 0 fully saturated rings. The third-order valence-corrected chi connectivity index (χ3v) is 6.68. The van der Waals surface area contributed by atoms with Gasteiger partial charge in [-0.2, -0.15) is 13.2 Å². The number of aryl methyl sites for hydroxylation is 2. The smallest absolute Gasteiger partial charge is 0.418 e. The number of halogens is 3. The van der Waals surface area contributed by atoms with E-state index in [2.05, 4.69) is 32.7 Å². The molecule has 1 atom stereocenters. The molecule has 9 nitrogen and oxygen atoms in total. The molecule has 220 valence electrons. The quantitative estimate of drug-likeness (QED) is 0.260. The number of amides is 1. The molecular formula is C28H38F3N5O4. The van der Waals surface area contributed by atoms with Crippen LogP contribution in [-0.2, 0) is 28.5 Å². The van der Waals surface area contributed by atoms with E-state index in [-0.39, 0.29) is 6.42 Å². The van der Waals surface area contributed by atoms with Gasteiger partial charge in [0.2, 0.25) is 0 Å². The molecule has 0 saturated carbocycles. The molecule has 1 aliphatic heterocycles. The van der Waals surface area contributed by atoms with Crippen molar-refractivity contribution < 1.29 is 32.6 Å². The van der Waals surface area contributed by atoms with Crippen molar-refractivity contribution in [1.82, 2.24) is 20.2 Å². The second kappa shape index (κ2) is 15.5. The van der Waals surface area contributed by atoms with Gasteiger partial charge in [0.05, 0.1) is 12.2 Å². The van der Waals surface area contributed by atoms with Crippen LogP contribution in [0.5, 0.6) is 0 Å². The number of aliphatic carboxylic acids is 1. The molecule has 0 radical (unpaired) electrons. The monoisotopic (exact) mass is 565 g/mol. The van der Waals surface area contributed by atoms with Gasteiger partial charge in [-0.15, -0.1) is 0 Å². The van der Waals surface area contributed by atoms with Gasteiger partial charge in [0, 0.05) is 38.1 Å². The van der Waals surface area contributed by atoms with Crippen molar-refractivity contribution in [2.24, 2.45) is 0 Å². The third kappa shape index (κ3) is 9.74. The first-order chi connectivity index (χ1) is 19.2. The molecule has 2 aromatic rings. The SMILES string of the molecule is CCCOCCN(CCCCc1ccc2c(n1)NCCC2)CC[C@H](NC(=O)c1ncccc1C(F)(F)F)C(=O)O. The maximum atomic E-state index is 13.3. The van der Waals surface area contributed by atoms with E-state index >= 15 is 0 Å². The lowest BCUT2D eigenvalue weighted by Crippen LogP contribution is -2.44. The number of anilines is 1. The van der Waals surface area contributed by atoms with Crippen LogP contribution >= 0.6 is 0 Å². The molecule has 0 aromatic carbocycles. The van der Waals surface area contributed by atoms with Gasteiger partial charge < -0.3 is 25.4 Å². The highest BCUT2D eigenvalue weighted by Gasteiger charge is 2.36. The summed E-state index contributed by atoms with van der Waals surface area (Å²) in [6, 6.07) is 4.64. The van der Waals surface area contributed by atoms with Crippen LogP contribution in [0.15, 0.2) is 30.5 Å². The van der Waals surface area contributed by atoms with Gasteiger partial charge in [-0.25, -0.2) is 9.78 Å². The van der Waals surface area contributed by atoms with E-state index < -0.39 is 35.4 Å². The first kappa shape index (κ1) is 31.3. The van der Waals surface area contributed by atoms with Gasteiger partial charge in [-0.3, -0.25) is 9.78 Å². The summed E-state index contributed by atoms with van der Waals surface area (Å²) in [6.45, 7) is 5.60. The van der Waals surface area contributed by atoms with Crippen molar-refractivity contribution in [2.75, 3.05) is 44.7 Å². The number of ether oxygens (including phenoxy) is 1. The summed E-state index contributed by atoms with van der Waals surface area (Å²) in [7, 11) is 0. The third-order valence-electron chi connectivity index (χ3n) is 6.68. The number of aromatic nitrogens is 2. The maximum absolute atomic E-state index is 13.3. The summed E-state index contributed by atoms with van der Waals surface area (Å²) < 4.78 is 45.5. The highest BCUT2D eigenvalue weighted by Crippen LogP contribution is 2.31. The second-order valence-corrected chi connectivity index (χ2v) is 9.80. The molecule has 0 saturated heterocycles. The molecule has 2 aromatic heterocycles. The molecule has 1 aliphatic rings. The van der Waals surface area contributed by atoms with Crippen LogP contribution in [0.1, 0.15) is 66.3 Å². The zero-order chi connectivity index (χ0) is 29.0. The standard InChI is InChI=1S/C28H38F3N5O4/c1-2-18-40-19-17-36(15-4-3-8-21-11-10-20-7-5-14-33-25(20)34-21)16-12-23(27(38)39)35-26(37)24-22(28(29,30)31)9-6-13-32-24/h6,9-11,13,23H,2-5,7-8,12,14-19H2,1H3,(H,33,34)(H,35,37)(H,38,39)/t23-/m0/s1. The molecule has 0 spiro atoms. The highest BCUT2D eigenvalue weighted by atomic mass is 19.4. The average molecular weight is 566 g/mol. The Morgan fingerprint density at radius 1 is 1.18 bits per heavy atom. The summed E-state index contributed by atoms with van der Waals surface area (Å²) in [5.41, 5.74) is 0.200. The van der Waals surface area contributed by atoms with Crippen LogP contribution in [0, 0.1) is 0 Å². The topological polar surface area (TPSA) is 117 Å². The maximum Gasteiger partial charge on any atom is 0.418 e. The van der Waals surface area contributed by atoms with Gasteiger partial charge in [0.25, 0.3) is 5.91 Å². The Kier molecular flexibility index (Phi) is 12.1. The predicted molar refractivity (Wildman–Crippen MR) is 144 cm³/mol. The van der Waals surface area contributed by atoms with E-state index in [4.69, 9.17) is 9.72 Å². The second-order valence-electron chi connectivity index (χ2n) is 9.80. The Morgan fingerprint density at radius 2 is 2.00 bits per heavy atom. The fourth-order valence-electron chi connectivity index (χ4n) is 4.54. The Morgan fingerprint density at radius 3 is 2.75 bits per heavy atom. The first-order valence-corrected chi connectivity index (χ1v) is 13.8. The number of hydrogen-bond donors (Lipinski definition) is 3. The Labute approximate surface area is 232 Å². The zero-order valence-electron chi connectivity index (χ0n) is 22.8. The minimum absolute atomic E-state index is 0.0150. The zero-order valence-corrected chi connectivity index (χ0v) is 22.8. The summed E-state index contributed by atoms with van der Waals surface area (Å²) >= 11 is 0. The van der Waals surface area contributed by atoms with Crippen molar-refractivity contribution in [3.63, 3.8) is 0 Å². The highest BCUT2D eigenvalue weighted by molar-refractivity contribution is 5.96. The summed E-state index contributed by atoms with van der Waals surface area (Å²) in [4.78, 5) is 34.8. The molecule has 40 heavy (non-hydrogen) atoms. The number of unbranched alkanes of at least 4 members (excludes halogenated alkanes) is 1. The minimum Gasteiger partial charge on any atom is -0.480 e. The lowest BCUT2D eigenvalue weighted by molar-refractivity contribution is -0.139. The molecular weight excluding hydrogens is 527 g/mol. The first-order valence-electron chi connectivity index (χ1n) is 13.8. The van der Waals surface area contributed by atoms with E-state index in [1.807, 2.05) is 6.92 Å². The number of rotatable bonds is 16. The van der Waals surface area contributed by atoms with E-state index in [0.29, 0.717) is 32.8 Å². The van der Waals surface area contributed by atoms with Crippen molar-refractivity contribution in [2.45, 2.75) is 64.1 Å². The fourth-order valence-corrected chi connectivity index (χ4v) is 4.54. The van der Waals surface area contributed by atoms with Crippen LogP contribution in [0.3, 0.4) is 0 Å². The van der Waals surface area contributed by atoms with Gasteiger partial charge in [-0.05, 0) is 75.3 Å². The van der Waals surface area contributed by atoms with Crippen LogP contribution in [0.25, 0.3) is 0 Å². The Bertz CT molecular complexity index is 1120. The van der Waals surface area contributed by atoms with Crippen LogP contribution in [-0.4, -0.2) is 77.3 Å². The molecule has 3 heterocycles. The number of carbonyl (C=O) groups is 2. The Hall–Kier alpha value is -3.25. The van der Waals surface area contributed by atoms with Crippen molar-refractivity contribution in [3.8, 4) is 0 Å². The number of carbonyl (C=O) groups excluding carboxylic acids is 1. The van der Waals surface area contributed by atoms with Gasteiger partial charge in [-0.1, -0.05) is 13.0 Å². The number of nitrogens with one attached hydrogen (secondary N) is 2. The molecule has 1 amide bonds. The van der Waals surface area contributed by atoms with Crippen LogP contribution < -0.4 is 10.6 Å². The van der Waals surface area contributed by atoms with E-state index in [9.17, 15) is 27.9 Å². The lowest BCUT2D eigenvalue weighted by Gasteiger charge is -2.24. The summed E-state index contributed by atoms with van der Waals surface area (Å²) in [6.07, 6.45) is 1.85. The number of pyridine rings is 2. The van der Waals surface area contributed by atoms with Crippen molar-refractivity contribution in [1.29, 1.82) is 0 Å². The number of hydrogen-bond acceptors (Lipinski definition) is 7. The minimum atomic E-state index is -4.79. The van der Waals surface area contributed by atoms with Crippen LogP contribution in [0.2, 0.25) is 0 Å². The van der Waals surface area contributed by atoms with E-state index in [0.717, 1.165) is 74.9 Å². The normalized spacial score (nSPS) is 13.9. The predicted octanol–water partition coefficient (Wildman–Crippen LogP) is 4.18. The summed E-state index contributed by atoms with van der Waals surface area (Å²) in [5.74, 6) is -1.54. The van der Waals surface area contributed by atoms with Crippen LogP contribution in [0.4, 0.5) is 19.0 Å². The Balaban J connectivity index is 1.55. The number of nitrogens with zero attached hydrogens (tertiary/aromatic N) is 3. The molecule has 3 rings (SSSR count). The fraction of sp³-hybridized carbons (Fsp3) is 0.571. The van der Waals surface area contributed by atoms with E-state index in [1.165, 1.54) is 5.56 Å². The molecule has 0 aliphatic carbocycles. The van der Waals surface area contributed by atoms with Crippen molar-refractivity contribution in [3.05, 3.63) is 53.0 Å². The molecule has 3 N–H and O–H groups in total. The molecule has 0 bridgehead atoms. The van der Waals surface area contributed by atoms with Gasteiger partial charge in [0.15, 0.2) is 0 Å². The lowest BCUT2D eigenvalue weighted by atomic mass is 10.1. The number of fused-ring (bicyclic) bond motifs is 1. The van der Waals surface area contributed by atoms with E-state index in [1.54, 1.807) is 0 Å². The number of alkyl halides is 3. The summed E-state index contributed by atoms with van der Waals surface area (Å²) in [5, 5.41) is 15.2. The average Bonchev–Trinajstić information content (AvgIpc) is 2.94. The van der Waals surface area contributed by atoms with Gasteiger partial charge in [0.1, 0.15) is 17.6 Å². The number of carboxylic acids is 1. The molecule has 12 heteroatoms. The van der Waals surface area contributed by atoms with Crippen molar-refractivity contribution >= 4 is 17.7 Å². The largest absolute Gasteiger partial charge is 0.480 e. The van der Waals surface area contributed by atoms with Gasteiger partial charge >= 0.3 is 12.1 Å². The molecule has 0 unspecified atom stereocenters. The number of carboxylic acid groups (broad SMARTS) is 1.